The van der Waals surface area contributed by atoms with Gasteiger partial charge in [0.2, 0.25) is 0 Å². The van der Waals surface area contributed by atoms with Crippen LogP contribution in [0.5, 0.6) is 17.2 Å². The number of aliphatic hydroxyl groups is 1. The molecule has 2 aromatic carbocycles. The summed E-state index contributed by atoms with van der Waals surface area (Å²) >= 11 is 0. The predicted octanol–water partition coefficient (Wildman–Crippen LogP) is 1.83. The minimum absolute atomic E-state index is 0.0293. The number of carbonyl (C=O) groups is 2. The fraction of sp³-hybridized carbons (Fsp3) is 0.227. The van der Waals surface area contributed by atoms with Gasteiger partial charge < -0.3 is 30.9 Å². The van der Waals surface area contributed by atoms with Crippen LogP contribution >= 0.6 is 0 Å². The standard InChI is InChI=1S/C22H26N4O5/c1-14(13-27)30-18-10-16(22(29)26-20(23)8-9-24-2)11-19(12-18)31-17-6-4-15(5-7-17)21(28)25-3/h4-12,14,24,27H,13H2,1-3H3,(H,25,28)(H2,23,26,29)/b9-8-. The average Bonchev–Trinajstić information content (AvgIpc) is 2.77. The van der Waals surface area contributed by atoms with Crippen LogP contribution in [0.15, 0.2) is 59.7 Å². The number of benzene rings is 2. The minimum Gasteiger partial charge on any atom is -0.488 e. The molecule has 0 saturated heterocycles. The molecule has 2 rings (SSSR count). The third kappa shape index (κ3) is 7.16. The Labute approximate surface area is 180 Å². The summed E-state index contributed by atoms with van der Waals surface area (Å²) < 4.78 is 11.5. The fourth-order valence-electron chi connectivity index (χ4n) is 2.43. The summed E-state index contributed by atoms with van der Waals surface area (Å²) in [5.74, 6) is 0.331. The highest BCUT2D eigenvalue weighted by atomic mass is 16.5. The average molecular weight is 426 g/mol. The second-order valence-corrected chi connectivity index (χ2v) is 6.47. The summed E-state index contributed by atoms with van der Waals surface area (Å²) in [6.07, 6.45) is 2.51. The Bertz CT molecular complexity index is 970. The van der Waals surface area contributed by atoms with Crippen molar-refractivity contribution in [3.8, 4) is 17.2 Å². The lowest BCUT2D eigenvalue weighted by atomic mass is 10.1. The van der Waals surface area contributed by atoms with E-state index in [9.17, 15) is 14.7 Å². The molecule has 0 spiro atoms. The molecule has 0 radical (unpaired) electrons. The molecule has 2 amide bonds. The van der Waals surface area contributed by atoms with Crippen LogP contribution in [0.4, 0.5) is 0 Å². The van der Waals surface area contributed by atoms with Crippen LogP contribution in [-0.4, -0.2) is 49.6 Å². The quantitative estimate of drug-likeness (QED) is 0.355. The summed E-state index contributed by atoms with van der Waals surface area (Å²) in [5.41, 5.74) is 6.40. The van der Waals surface area contributed by atoms with E-state index in [4.69, 9.17) is 15.2 Å². The summed E-state index contributed by atoms with van der Waals surface area (Å²) in [5, 5.41) is 14.6. The van der Waals surface area contributed by atoms with Gasteiger partial charge in [-0.2, -0.15) is 4.99 Å². The van der Waals surface area contributed by atoms with Gasteiger partial charge in [0, 0.05) is 31.3 Å². The zero-order valence-corrected chi connectivity index (χ0v) is 17.6. The van der Waals surface area contributed by atoms with Crippen LogP contribution in [0, 0.1) is 0 Å². The molecular weight excluding hydrogens is 400 g/mol. The number of nitrogens with one attached hydrogen (secondary N) is 2. The largest absolute Gasteiger partial charge is 0.488 e. The number of rotatable bonds is 9. The number of aliphatic hydroxyl groups excluding tert-OH is 1. The molecule has 1 atom stereocenters. The second-order valence-electron chi connectivity index (χ2n) is 6.47. The number of amides is 2. The predicted molar refractivity (Wildman–Crippen MR) is 118 cm³/mol. The van der Waals surface area contributed by atoms with Gasteiger partial charge in [0.05, 0.1) is 6.61 Å². The van der Waals surface area contributed by atoms with Crippen molar-refractivity contribution in [2.24, 2.45) is 10.7 Å². The molecule has 0 saturated carbocycles. The van der Waals surface area contributed by atoms with Crippen molar-refractivity contribution in [3.05, 3.63) is 65.9 Å². The van der Waals surface area contributed by atoms with Crippen molar-refractivity contribution in [3.63, 3.8) is 0 Å². The third-order valence-electron chi connectivity index (χ3n) is 3.95. The topological polar surface area (TPSA) is 135 Å². The number of ether oxygens (including phenoxy) is 2. The maximum atomic E-state index is 12.6. The third-order valence-corrected chi connectivity index (χ3v) is 3.95. The summed E-state index contributed by atoms with van der Waals surface area (Å²) in [6, 6.07) is 11.1. The lowest BCUT2D eigenvalue weighted by molar-refractivity contribution is 0.0961. The highest BCUT2D eigenvalue weighted by molar-refractivity contribution is 6.06. The van der Waals surface area contributed by atoms with E-state index in [1.54, 1.807) is 57.6 Å². The number of nitrogens with zero attached hydrogens (tertiary/aromatic N) is 1. The molecule has 164 valence electrons. The molecule has 0 aliphatic rings. The number of aliphatic imine (C=N–C) groups is 1. The summed E-state index contributed by atoms with van der Waals surface area (Å²) in [6.45, 7) is 1.49. The highest BCUT2D eigenvalue weighted by Gasteiger charge is 2.13. The van der Waals surface area contributed by atoms with Crippen molar-refractivity contribution in [2.45, 2.75) is 13.0 Å². The molecule has 0 fully saturated rings. The molecule has 9 heteroatoms. The first-order chi connectivity index (χ1) is 14.9. The Morgan fingerprint density at radius 3 is 2.39 bits per heavy atom. The smallest absolute Gasteiger partial charge is 0.279 e. The number of hydrogen-bond donors (Lipinski definition) is 4. The van der Waals surface area contributed by atoms with Crippen molar-refractivity contribution in [2.75, 3.05) is 20.7 Å². The Balaban J connectivity index is 2.34. The Morgan fingerprint density at radius 2 is 1.77 bits per heavy atom. The van der Waals surface area contributed by atoms with Gasteiger partial charge in [-0.15, -0.1) is 0 Å². The number of hydrogen-bond acceptors (Lipinski definition) is 6. The van der Waals surface area contributed by atoms with E-state index in [1.165, 1.54) is 18.2 Å². The molecule has 0 aromatic heterocycles. The van der Waals surface area contributed by atoms with Gasteiger partial charge >= 0.3 is 0 Å². The van der Waals surface area contributed by atoms with Crippen molar-refractivity contribution in [1.82, 2.24) is 10.6 Å². The van der Waals surface area contributed by atoms with Crippen LogP contribution in [-0.2, 0) is 0 Å². The van der Waals surface area contributed by atoms with Crippen molar-refractivity contribution < 1.29 is 24.2 Å². The van der Waals surface area contributed by atoms with Crippen LogP contribution in [0.1, 0.15) is 27.6 Å². The van der Waals surface area contributed by atoms with Gasteiger partial charge in [0.15, 0.2) is 0 Å². The minimum atomic E-state index is -0.583. The van der Waals surface area contributed by atoms with Crippen LogP contribution in [0.25, 0.3) is 0 Å². The maximum Gasteiger partial charge on any atom is 0.279 e. The van der Waals surface area contributed by atoms with Crippen LogP contribution < -0.4 is 25.8 Å². The SMILES string of the molecule is CN/C=C\C(N)=NC(=O)c1cc(Oc2ccc(C(=O)NC)cc2)cc(OC(C)CO)c1. The van der Waals surface area contributed by atoms with Gasteiger partial charge in [-0.05, 0) is 55.6 Å². The monoisotopic (exact) mass is 426 g/mol. The molecule has 0 heterocycles. The summed E-state index contributed by atoms with van der Waals surface area (Å²) in [4.78, 5) is 28.1. The van der Waals surface area contributed by atoms with Crippen LogP contribution in [0.3, 0.4) is 0 Å². The second kappa shape index (κ2) is 11.4. The van der Waals surface area contributed by atoms with Crippen LogP contribution in [0.2, 0.25) is 0 Å². The number of nitrogens with two attached hydrogens (primary N) is 1. The van der Waals surface area contributed by atoms with Gasteiger partial charge in [-0.3, -0.25) is 9.59 Å². The molecule has 31 heavy (non-hydrogen) atoms. The Kier molecular flexibility index (Phi) is 8.59. The summed E-state index contributed by atoms with van der Waals surface area (Å²) in [7, 11) is 3.24. The number of carbonyl (C=O) groups excluding carboxylic acids is 2. The maximum absolute atomic E-state index is 12.6. The van der Waals surface area contributed by atoms with E-state index < -0.39 is 12.0 Å². The fourth-order valence-corrected chi connectivity index (χ4v) is 2.43. The first-order valence-electron chi connectivity index (χ1n) is 9.51. The Morgan fingerprint density at radius 1 is 1.10 bits per heavy atom. The zero-order valence-electron chi connectivity index (χ0n) is 17.6. The molecule has 0 aliphatic heterocycles. The lowest BCUT2D eigenvalue weighted by Crippen LogP contribution is -2.17. The van der Waals surface area contributed by atoms with Gasteiger partial charge in [0.25, 0.3) is 11.8 Å². The molecular formula is C22H26N4O5. The molecule has 0 aliphatic carbocycles. The normalized spacial score (nSPS) is 12.3. The molecule has 1 unspecified atom stereocenters. The zero-order chi connectivity index (χ0) is 22.8. The molecule has 2 aromatic rings. The van der Waals surface area contributed by atoms with Crippen molar-refractivity contribution >= 4 is 17.6 Å². The van der Waals surface area contributed by atoms with E-state index in [-0.39, 0.29) is 23.9 Å². The first-order valence-corrected chi connectivity index (χ1v) is 9.51. The van der Waals surface area contributed by atoms with E-state index in [0.29, 0.717) is 22.8 Å². The number of amidine groups is 1. The first kappa shape index (κ1) is 23.4. The van der Waals surface area contributed by atoms with Gasteiger partial charge in [-0.25, -0.2) is 0 Å². The van der Waals surface area contributed by atoms with E-state index >= 15 is 0 Å². The Hall–Kier alpha value is -3.85. The van der Waals surface area contributed by atoms with Gasteiger partial charge in [-0.1, -0.05) is 0 Å². The van der Waals surface area contributed by atoms with Crippen molar-refractivity contribution in [1.29, 1.82) is 0 Å². The molecule has 5 N–H and O–H groups in total. The van der Waals surface area contributed by atoms with E-state index in [2.05, 4.69) is 15.6 Å². The van der Waals surface area contributed by atoms with Gasteiger partial charge in [0.1, 0.15) is 29.2 Å². The lowest BCUT2D eigenvalue weighted by Gasteiger charge is -2.14. The van der Waals surface area contributed by atoms with E-state index in [0.717, 1.165) is 0 Å². The molecule has 0 bridgehead atoms. The highest BCUT2D eigenvalue weighted by Crippen LogP contribution is 2.29. The molecule has 9 nitrogen and oxygen atoms in total. The van der Waals surface area contributed by atoms with E-state index in [1.807, 2.05) is 0 Å².